The average molecular weight is 289 g/mol. The summed E-state index contributed by atoms with van der Waals surface area (Å²) in [6.45, 7) is 10.2. The third kappa shape index (κ3) is 4.69. The Labute approximate surface area is 128 Å². The van der Waals surface area contributed by atoms with Gasteiger partial charge in [0.2, 0.25) is 5.91 Å². The number of anilines is 1. The van der Waals surface area contributed by atoms with Gasteiger partial charge in [0.15, 0.2) is 0 Å². The maximum absolute atomic E-state index is 11.9. The molecule has 0 aliphatic carbocycles. The number of rotatable bonds is 7. The monoisotopic (exact) mass is 289 g/mol. The van der Waals surface area contributed by atoms with Crippen LogP contribution in [0.2, 0.25) is 0 Å². The summed E-state index contributed by atoms with van der Waals surface area (Å²) < 4.78 is 0. The molecule has 0 aromatic heterocycles. The van der Waals surface area contributed by atoms with Gasteiger partial charge in [-0.1, -0.05) is 39.8 Å². The SMILES string of the molecule is CCC(C)c1cccc(NC(=O)CC(C)=O)c1C(C)CC. The van der Waals surface area contributed by atoms with Crippen LogP contribution in [0.4, 0.5) is 5.69 Å². The van der Waals surface area contributed by atoms with Gasteiger partial charge >= 0.3 is 0 Å². The van der Waals surface area contributed by atoms with Gasteiger partial charge in [-0.05, 0) is 48.8 Å². The second-order valence-corrected chi connectivity index (χ2v) is 5.85. The Morgan fingerprint density at radius 1 is 1.10 bits per heavy atom. The highest BCUT2D eigenvalue weighted by molar-refractivity contribution is 6.03. The zero-order valence-corrected chi connectivity index (χ0v) is 13.8. The van der Waals surface area contributed by atoms with Crippen molar-refractivity contribution in [2.45, 2.75) is 65.7 Å². The quantitative estimate of drug-likeness (QED) is 0.744. The van der Waals surface area contributed by atoms with Crippen LogP contribution in [0.25, 0.3) is 0 Å². The fraction of sp³-hybridized carbons (Fsp3) is 0.556. The molecule has 2 atom stereocenters. The van der Waals surface area contributed by atoms with Crippen molar-refractivity contribution in [1.82, 2.24) is 0 Å². The molecule has 1 amide bonds. The zero-order chi connectivity index (χ0) is 16.0. The summed E-state index contributed by atoms with van der Waals surface area (Å²) in [6.07, 6.45) is 2.02. The molecule has 21 heavy (non-hydrogen) atoms. The number of carbonyl (C=O) groups excluding carboxylic acids is 2. The Hall–Kier alpha value is -1.64. The molecule has 1 N–H and O–H groups in total. The van der Waals surface area contributed by atoms with Gasteiger partial charge in [0.05, 0.1) is 6.42 Å². The molecule has 0 aliphatic heterocycles. The molecule has 116 valence electrons. The van der Waals surface area contributed by atoms with Crippen LogP contribution in [0.5, 0.6) is 0 Å². The number of carbonyl (C=O) groups is 2. The second-order valence-electron chi connectivity index (χ2n) is 5.85. The van der Waals surface area contributed by atoms with Crippen molar-refractivity contribution in [1.29, 1.82) is 0 Å². The number of ketones is 1. The fourth-order valence-electron chi connectivity index (χ4n) is 2.52. The van der Waals surface area contributed by atoms with Gasteiger partial charge < -0.3 is 5.32 Å². The van der Waals surface area contributed by atoms with E-state index >= 15 is 0 Å². The molecule has 3 nitrogen and oxygen atoms in total. The first-order chi connectivity index (χ1) is 9.90. The highest BCUT2D eigenvalue weighted by Crippen LogP contribution is 2.35. The van der Waals surface area contributed by atoms with Gasteiger partial charge in [-0.15, -0.1) is 0 Å². The van der Waals surface area contributed by atoms with Crippen molar-refractivity contribution < 1.29 is 9.59 Å². The number of benzene rings is 1. The van der Waals surface area contributed by atoms with Crippen LogP contribution in [0, 0.1) is 0 Å². The molecule has 3 heteroatoms. The van der Waals surface area contributed by atoms with E-state index in [-0.39, 0.29) is 18.1 Å². The molecule has 0 fully saturated rings. The lowest BCUT2D eigenvalue weighted by molar-refractivity contribution is -0.124. The standard InChI is InChI=1S/C18H27NO2/c1-6-12(3)15-9-8-10-16(18(15)13(4)7-2)19-17(21)11-14(5)20/h8-10,12-13H,6-7,11H2,1-5H3,(H,19,21). The molecule has 2 unspecified atom stereocenters. The molecular weight excluding hydrogens is 262 g/mol. The summed E-state index contributed by atoms with van der Waals surface area (Å²) in [7, 11) is 0. The zero-order valence-electron chi connectivity index (χ0n) is 13.8. The van der Waals surface area contributed by atoms with E-state index in [0.29, 0.717) is 11.8 Å². The molecule has 0 bridgehead atoms. The third-order valence-electron chi connectivity index (χ3n) is 4.07. The van der Waals surface area contributed by atoms with Gasteiger partial charge in [0.1, 0.15) is 5.78 Å². The predicted molar refractivity (Wildman–Crippen MR) is 87.8 cm³/mol. The molecule has 0 spiro atoms. The fourth-order valence-corrected chi connectivity index (χ4v) is 2.52. The summed E-state index contributed by atoms with van der Waals surface area (Å²) in [6, 6.07) is 6.07. The lowest BCUT2D eigenvalue weighted by Gasteiger charge is -2.23. The first-order valence-corrected chi connectivity index (χ1v) is 7.82. The van der Waals surface area contributed by atoms with Crippen molar-refractivity contribution in [3.63, 3.8) is 0 Å². The smallest absolute Gasteiger partial charge is 0.231 e. The molecule has 0 radical (unpaired) electrons. The van der Waals surface area contributed by atoms with Gasteiger partial charge in [-0.2, -0.15) is 0 Å². The number of Topliss-reactive ketones (excluding diaryl/α,β-unsaturated/α-hetero) is 1. The van der Waals surface area contributed by atoms with Gasteiger partial charge in [0, 0.05) is 5.69 Å². The molecule has 1 aromatic carbocycles. The Morgan fingerprint density at radius 3 is 2.24 bits per heavy atom. The van der Waals surface area contributed by atoms with E-state index in [0.717, 1.165) is 18.5 Å². The molecule has 0 saturated carbocycles. The Kier molecular flexibility index (Phi) is 6.60. The van der Waals surface area contributed by atoms with E-state index in [2.05, 4.69) is 39.1 Å². The minimum Gasteiger partial charge on any atom is -0.325 e. The Balaban J connectivity index is 3.18. The first kappa shape index (κ1) is 17.4. The van der Waals surface area contributed by atoms with Crippen molar-refractivity contribution >= 4 is 17.4 Å². The van der Waals surface area contributed by atoms with Crippen molar-refractivity contribution in [3.05, 3.63) is 29.3 Å². The Morgan fingerprint density at radius 2 is 1.71 bits per heavy atom. The average Bonchev–Trinajstić information content (AvgIpc) is 2.44. The summed E-state index contributed by atoms with van der Waals surface area (Å²) in [5.41, 5.74) is 3.37. The van der Waals surface area contributed by atoms with Crippen LogP contribution < -0.4 is 5.32 Å². The minimum absolute atomic E-state index is 0.0620. The molecule has 0 saturated heterocycles. The van der Waals surface area contributed by atoms with Gasteiger partial charge in [-0.25, -0.2) is 0 Å². The maximum Gasteiger partial charge on any atom is 0.231 e. The van der Waals surface area contributed by atoms with E-state index in [1.54, 1.807) is 0 Å². The molecule has 0 heterocycles. The van der Waals surface area contributed by atoms with Gasteiger partial charge in [0.25, 0.3) is 0 Å². The highest BCUT2D eigenvalue weighted by atomic mass is 16.2. The normalized spacial score (nSPS) is 13.6. The summed E-state index contributed by atoms with van der Waals surface area (Å²) in [5.74, 6) is 0.491. The summed E-state index contributed by atoms with van der Waals surface area (Å²) in [5, 5.41) is 2.92. The van der Waals surface area contributed by atoms with Gasteiger partial charge in [-0.3, -0.25) is 9.59 Å². The molecule has 1 aromatic rings. The van der Waals surface area contributed by atoms with E-state index in [4.69, 9.17) is 0 Å². The highest BCUT2D eigenvalue weighted by Gasteiger charge is 2.18. The number of hydrogen-bond donors (Lipinski definition) is 1. The number of nitrogens with one attached hydrogen (secondary N) is 1. The lowest BCUT2D eigenvalue weighted by Crippen LogP contribution is -2.17. The third-order valence-corrected chi connectivity index (χ3v) is 4.07. The van der Waals surface area contributed by atoms with Crippen LogP contribution in [0.15, 0.2) is 18.2 Å². The summed E-state index contributed by atoms with van der Waals surface area (Å²) >= 11 is 0. The van der Waals surface area contributed by atoms with Crippen LogP contribution >= 0.6 is 0 Å². The van der Waals surface area contributed by atoms with Crippen molar-refractivity contribution in [2.24, 2.45) is 0 Å². The van der Waals surface area contributed by atoms with E-state index < -0.39 is 0 Å². The largest absolute Gasteiger partial charge is 0.325 e. The summed E-state index contributed by atoms with van der Waals surface area (Å²) in [4.78, 5) is 23.0. The molecule has 1 rings (SSSR count). The van der Waals surface area contributed by atoms with Crippen molar-refractivity contribution in [2.75, 3.05) is 5.32 Å². The lowest BCUT2D eigenvalue weighted by atomic mass is 9.85. The van der Waals surface area contributed by atoms with E-state index in [1.807, 2.05) is 12.1 Å². The maximum atomic E-state index is 11.9. The van der Waals surface area contributed by atoms with Crippen molar-refractivity contribution in [3.8, 4) is 0 Å². The Bertz CT molecular complexity index is 508. The number of hydrogen-bond acceptors (Lipinski definition) is 2. The van der Waals surface area contributed by atoms with Crippen LogP contribution in [-0.2, 0) is 9.59 Å². The van der Waals surface area contributed by atoms with Crippen LogP contribution in [0.3, 0.4) is 0 Å². The van der Waals surface area contributed by atoms with E-state index in [1.165, 1.54) is 18.1 Å². The van der Waals surface area contributed by atoms with Crippen LogP contribution in [-0.4, -0.2) is 11.7 Å². The number of amides is 1. The minimum atomic E-state index is -0.228. The van der Waals surface area contributed by atoms with Crippen LogP contribution in [0.1, 0.15) is 76.8 Å². The van der Waals surface area contributed by atoms with E-state index in [9.17, 15) is 9.59 Å². The first-order valence-electron chi connectivity index (χ1n) is 7.82. The predicted octanol–water partition coefficient (Wildman–Crippen LogP) is 4.63. The molecule has 0 aliphatic rings. The second kappa shape index (κ2) is 7.96. The molecular formula is C18H27NO2. The topological polar surface area (TPSA) is 46.2 Å².